The zero-order chi connectivity index (χ0) is 13.9. The second kappa shape index (κ2) is 5.48. The van der Waals surface area contributed by atoms with E-state index in [1.165, 1.54) is 5.69 Å². The first kappa shape index (κ1) is 12.9. The highest BCUT2D eigenvalue weighted by molar-refractivity contribution is 5.46. The lowest BCUT2D eigenvalue weighted by Crippen LogP contribution is -2.46. The van der Waals surface area contributed by atoms with Gasteiger partial charge in [-0.1, -0.05) is 19.0 Å². The van der Waals surface area contributed by atoms with Crippen molar-refractivity contribution in [1.82, 2.24) is 15.1 Å². The van der Waals surface area contributed by atoms with E-state index in [-0.39, 0.29) is 0 Å². The van der Waals surface area contributed by atoms with Gasteiger partial charge in [0.25, 0.3) is 0 Å². The molecule has 0 atom stereocenters. The summed E-state index contributed by atoms with van der Waals surface area (Å²) in [6.45, 7) is 7.81. The van der Waals surface area contributed by atoms with Crippen molar-refractivity contribution in [3.05, 3.63) is 30.4 Å². The fourth-order valence-electron chi connectivity index (χ4n) is 2.30. The summed E-state index contributed by atoms with van der Waals surface area (Å²) in [5.41, 5.74) is 1.22. The number of piperazine rings is 1. The van der Waals surface area contributed by atoms with E-state index >= 15 is 0 Å². The van der Waals surface area contributed by atoms with Crippen LogP contribution in [0.5, 0.6) is 0 Å². The summed E-state index contributed by atoms with van der Waals surface area (Å²) in [4.78, 5) is 13.0. The van der Waals surface area contributed by atoms with Gasteiger partial charge in [-0.2, -0.15) is 4.98 Å². The Hall–Kier alpha value is -2.11. The van der Waals surface area contributed by atoms with Crippen LogP contribution in [0.3, 0.4) is 0 Å². The molecule has 1 saturated heterocycles. The molecule has 0 radical (unpaired) electrons. The van der Waals surface area contributed by atoms with Gasteiger partial charge >= 0.3 is 6.01 Å². The Labute approximate surface area is 118 Å². The van der Waals surface area contributed by atoms with Crippen molar-refractivity contribution in [2.75, 3.05) is 36.0 Å². The van der Waals surface area contributed by atoms with Gasteiger partial charge in [0.15, 0.2) is 5.82 Å². The number of pyridine rings is 1. The number of aromatic nitrogens is 3. The molecule has 6 nitrogen and oxygen atoms in total. The number of rotatable bonds is 3. The van der Waals surface area contributed by atoms with Gasteiger partial charge in [0.1, 0.15) is 0 Å². The number of hydrogen-bond donors (Lipinski definition) is 0. The number of anilines is 2. The van der Waals surface area contributed by atoms with Crippen LogP contribution in [0.1, 0.15) is 25.6 Å². The van der Waals surface area contributed by atoms with E-state index in [0.717, 1.165) is 32.0 Å². The van der Waals surface area contributed by atoms with Crippen molar-refractivity contribution in [2.24, 2.45) is 0 Å². The Morgan fingerprint density at radius 1 is 1.05 bits per heavy atom. The lowest BCUT2D eigenvalue weighted by Gasteiger charge is -2.34. The summed E-state index contributed by atoms with van der Waals surface area (Å²) in [6.07, 6.45) is 3.66. The lowest BCUT2D eigenvalue weighted by atomic mass is 10.2. The van der Waals surface area contributed by atoms with E-state index in [2.05, 4.69) is 38.8 Å². The summed E-state index contributed by atoms with van der Waals surface area (Å²) in [5.74, 6) is 1.07. The van der Waals surface area contributed by atoms with Gasteiger partial charge in [-0.15, -0.1) is 0 Å². The van der Waals surface area contributed by atoms with Crippen LogP contribution in [0.15, 0.2) is 29.0 Å². The summed E-state index contributed by atoms with van der Waals surface area (Å²) in [6, 6.07) is 4.72. The maximum absolute atomic E-state index is 5.34. The van der Waals surface area contributed by atoms with Gasteiger partial charge in [0.2, 0.25) is 0 Å². The molecular weight excluding hydrogens is 254 g/mol. The average molecular weight is 273 g/mol. The third-order valence-corrected chi connectivity index (χ3v) is 3.53. The SMILES string of the molecule is CC(C)c1noc(N2CCN(c3ccncc3)CC2)n1. The maximum atomic E-state index is 5.34. The van der Waals surface area contributed by atoms with Crippen molar-refractivity contribution >= 4 is 11.7 Å². The molecule has 0 N–H and O–H groups in total. The molecule has 0 bridgehead atoms. The van der Waals surface area contributed by atoms with Crippen molar-refractivity contribution in [1.29, 1.82) is 0 Å². The predicted octanol–water partition coefficient (Wildman–Crippen LogP) is 1.91. The molecule has 0 aromatic carbocycles. The largest absolute Gasteiger partial charge is 0.368 e. The molecule has 0 aliphatic carbocycles. The molecule has 0 unspecified atom stereocenters. The van der Waals surface area contributed by atoms with Crippen LogP contribution in [0.25, 0.3) is 0 Å². The first-order chi connectivity index (χ1) is 9.74. The molecule has 1 aliphatic rings. The topological polar surface area (TPSA) is 58.3 Å². The molecule has 0 saturated carbocycles. The summed E-state index contributed by atoms with van der Waals surface area (Å²) >= 11 is 0. The van der Waals surface area contributed by atoms with Gasteiger partial charge in [-0.25, -0.2) is 0 Å². The summed E-state index contributed by atoms with van der Waals surface area (Å²) in [7, 11) is 0. The van der Waals surface area contributed by atoms with E-state index in [0.29, 0.717) is 11.9 Å². The number of hydrogen-bond acceptors (Lipinski definition) is 6. The van der Waals surface area contributed by atoms with Crippen LogP contribution < -0.4 is 9.80 Å². The van der Waals surface area contributed by atoms with Gasteiger partial charge in [0, 0.05) is 50.2 Å². The minimum Gasteiger partial charge on any atom is -0.368 e. The zero-order valence-electron chi connectivity index (χ0n) is 11.9. The van der Waals surface area contributed by atoms with E-state index in [1.54, 1.807) is 0 Å². The minimum atomic E-state index is 0.297. The first-order valence-electron chi connectivity index (χ1n) is 6.97. The number of nitrogens with zero attached hydrogens (tertiary/aromatic N) is 5. The molecular formula is C14H19N5O. The van der Waals surface area contributed by atoms with Crippen LogP contribution >= 0.6 is 0 Å². The van der Waals surface area contributed by atoms with Gasteiger partial charge in [-0.3, -0.25) is 4.98 Å². The zero-order valence-corrected chi connectivity index (χ0v) is 11.9. The monoisotopic (exact) mass is 273 g/mol. The Balaban J connectivity index is 1.63. The Bertz CT molecular complexity index is 546. The Morgan fingerprint density at radius 2 is 1.70 bits per heavy atom. The Morgan fingerprint density at radius 3 is 2.30 bits per heavy atom. The molecule has 2 aromatic rings. The van der Waals surface area contributed by atoms with Crippen molar-refractivity contribution in [3.8, 4) is 0 Å². The first-order valence-corrected chi connectivity index (χ1v) is 6.97. The van der Waals surface area contributed by atoms with Crippen LogP contribution in [0, 0.1) is 0 Å². The fraction of sp³-hybridized carbons (Fsp3) is 0.500. The molecule has 2 aromatic heterocycles. The quantitative estimate of drug-likeness (QED) is 0.851. The molecule has 3 rings (SSSR count). The van der Waals surface area contributed by atoms with Crippen LogP contribution in [0.2, 0.25) is 0 Å². The third-order valence-electron chi connectivity index (χ3n) is 3.53. The van der Waals surface area contributed by atoms with Gasteiger partial charge in [-0.05, 0) is 12.1 Å². The Kier molecular flexibility index (Phi) is 3.54. The van der Waals surface area contributed by atoms with E-state index in [4.69, 9.17) is 4.52 Å². The highest BCUT2D eigenvalue weighted by atomic mass is 16.5. The van der Waals surface area contributed by atoms with E-state index in [9.17, 15) is 0 Å². The third kappa shape index (κ3) is 2.59. The van der Waals surface area contributed by atoms with Crippen LogP contribution in [-0.2, 0) is 0 Å². The molecule has 20 heavy (non-hydrogen) atoms. The fourth-order valence-corrected chi connectivity index (χ4v) is 2.30. The van der Waals surface area contributed by atoms with E-state index < -0.39 is 0 Å². The van der Waals surface area contributed by atoms with Gasteiger partial charge < -0.3 is 14.3 Å². The maximum Gasteiger partial charge on any atom is 0.324 e. The normalized spacial score (nSPS) is 15.9. The molecule has 1 fully saturated rings. The molecule has 6 heteroatoms. The van der Waals surface area contributed by atoms with Crippen molar-refractivity contribution < 1.29 is 4.52 Å². The van der Waals surface area contributed by atoms with E-state index in [1.807, 2.05) is 24.5 Å². The molecule has 3 heterocycles. The van der Waals surface area contributed by atoms with Crippen molar-refractivity contribution in [2.45, 2.75) is 19.8 Å². The average Bonchev–Trinajstić information content (AvgIpc) is 2.98. The minimum absolute atomic E-state index is 0.297. The van der Waals surface area contributed by atoms with Crippen molar-refractivity contribution in [3.63, 3.8) is 0 Å². The lowest BCUT2D eigenvalue weighted by molar-refractivity contribution is 0.400. The smallest absolute Gasteiger partial charge is 0.324 e. The molecule has 1 aliphatic heterocycles. The highest BCUT2D eigenvalue weighted by Crippen LogP contribution is 2.20. The molecule has 106 valence electrons. The van der Waals surface area contributed by atoms with Crippen LogP contribution in [0.4, 0.5) is 11.7 Å². The summed E-state index contributed by atoms with van der Waals surface area (Å²) < 4.78 is 5.34. The van der Waals surface area contributed by atoms with Crippen LogP contribution in [-0.4, -0.2) is 41.3 Å². The molecule has 0 spiro atoms. The second-order valence-corrected chi connectivity index (χ2v) is 5.27. The van der Waals surface area contributed by atoms with Gasteiger partial charge in [0.05, 0.1) is 0 Å². The second-order valence-electron chi connectivity index (χ2n) is 5.27. The predicted molar refractivity (Wildman–Crippen MR) is 77.1 cm³/mol. The summed E-state index contributed by atoms with van der Waals surface area (Å²) in [5, 5.41) is 4.02. The standard InChI is InChI=1S/C14H19N5O/c1-11(2)13-16-14(20-17-13)19-9-7-18(8-10-19)12-3-5-15-6-4-12/h3-6,11H,7-10H2,1-2H3. The molecule has 0 amide bonds. The highest BCUT2D eigenvalue weighted by Gasteiger charge is 2.22.